The lowest BCUT2D eigenvalue weighted by Crippen LogP contribution is -2.51. The van der Waals surface area contributed by atoms with Crippen molar-refractivity contribution in [2.24, 2.45) is 17.3 Å². The number of Topliss-reactive ketones (excluding diaryl/α,β-unsaturated/α-hetero) is 1. The Kier molecular flexibility index (Phi) is 2.03. The van der Waals surface area contributed by atoms with Gasteiger partial charge in [-0.15, -0.1) is 0 Å². The first kappa shape index (κ1) is 11.4. The number of hydrogen-bond donors (Lipinski definition) is 0. The van der Waals surface area contributed by atoms with Crippen LogP contribution in [-0.4, -0.2) is 12.4 Å². The number of carbonyl (C=O) groups excluding carboxylic acids is 1. The minimum Gasteiger partial charge on any atom is -0.368 e. The average molecular weight is 254 g/mol. The smallest absolute Gasteiger partial charge is 0.167 e. The van der Waals surface area contributed by atoms with Crippen molar-refractivity contribution in [2.45, 2.75) is 25.9 Å². The van der Waals surface area contributed by atoms with E-state index in [0.717, 1.165) is 18.6 Å². The molecule has 2 nitrogen and oxygen atoms in total. The molecule has 1 aromatic rings. The van der Waals surface area contributed by atoms with Gasteiger partial charge < -0.3 is 4.74 Å². The van der Waals surface area contributed by atoms with E-state index in [-0.39, 0.29) is 11.2 Å². The van der Waals surface area contributed by atoms with E-state index in [4.69, 9.17) is 4.74 Å². The second kappa shape index (κ2) is 3.37. The van der Waals surface area contributed by atoms with Gasteiger partial charge in [-0.05, 0) is 37.3 Å². The summed E-state index contributed by atoms with van der Waals surface area (Å²) in [6.45, 7) is 4.84. The molecular formula is C17H18O2. The fourth-order valence-electron chi connectivity index (χ4n) is 4.73. The molecule has 1 saturated heterocycles. The first-order chi connectivity index (χ1) is 9.09. The zero-order valence-electron chi connectivity index (χ0n) is 11.3. The van der Waals surface area contributed by atoms with Crippen LogP contribution in [0.15, 0.2) is 42.0 Å². The van der Waals surface area contributed by atoms with E-state index in [1.54, 1.807) is 0 Å². The molecule has 4 unspecified atom stereocenters. The van der Waals surface area contributed by atoms with Crippen molar-refractivity contribution in [1.82, 2.24) is 0 Å². The predicted molar refractivity (Wildman–Crippen MR) is 72.5 cm³/mol. The summed E-state index contributed by atoms with van der Waals surface area (Å²) >= 11 is 0. The van der Waals surface area contributed by atoms with Gasteiger partial charge in [-0.25, -0.2) is 0 Å². The summed E-state index contributed by atoms with van der Waals surface area (Å²) in [5.74, 6) is 1.12. The highest BCUT2D eigenvalue weighted by Crippen LogP contribution is 2.68. The topological polar surface area (TPSA) is 26.3 Å². The van der Waals surface area contributed by atoms with Crippen LogP contribution in [0.4, 0.5) is 0 Å². The number of ether oxygens (including phenoxy) is 1. The van der Waals surface area contributed by atoms with Gasteiger partial charge in [0.05, 0.1) is 12.0 Å². The van der Waals surface area contributed by atoms with Crippen molar-refractivity contribution < 1.29 is 9.53 Å². The Hall–Kier alpha value is -1.41. The van der Waals surface area contributed by atoms with Crippen molar-refractivity contribution in [3.63, 3.8) is 0 Å². The van der Waals surface area contributed by atoms with Crippen molar-refractivity contribution >= 4 is 5.78 Å². The second-order valence-corrected chi connectivity index (χ2v) is 6.41. The number of ketones is 1. The maximum absolute atomic E-state index is 12.7. The van der Waals surface area contributed by atoms with Crippen LogP contribution < -0.4 is 0 Å². The molecule has 1 heterocycles. The van der Waals surface area contributed by atoms with Gasteiger partial charge in [0, 0.05) is 5.92 Å². The molecule has 3 aliphatic rings. The lowest BCUT2D eigenvalue weighted by atomic mass is 9.62. The lowest BCUT2D eigenvalue weighted by molar-refractivity contribution is -0.157. The molecule has 0 amide bonds. The van der Waals surface area contributed by atoms with Gasteiger partial charge in [-0.3, -0.25) is 4.79 Å². The van der Waals surface area contributed by atoms with Crippen LogP contribution in [0.1, 0.15) is 25.8 Å². The Morgan fingerprint density at radius 1 is 1.26 bits per heavy atom. The van der Waals surface area contributed by atoms with Crippen molar-refractivity contribution in [1.29, 1.82) is 0 Å². The first-order valence-electron chi connectivity index (χ1n) is 7.02. The summed E-state index contributed by atoms with van der Waals surface area (Å²) in [5.41, 5.74) is 1.28. The summed E-state index contributed by atoms with van der Waals surface area (Å²) in [5, 5.41) is 0. The van der Waals surface area contributed by atoms with E-state index in [1.165, 1.54) is 5.56 Å². The molecule has 19 heavy (non-hydrogen) atoms. The summed E-state index contributed by atoms with van der Waals surface area (Å²) < 4.78 is 6.25. The summed E-state index contributed by atoms with van der Waals surface area (Å²) in [7, 11) is 0. The molecule has 0 radical (unpaired) electrons. The third-order valence-corrected chi connectivity index (χ3v) is 5.48. The molecule has 0 aromatic heterocycles. The number of benzene rings is 1. The minimum absolute atomic E-state index is 0.273. The highest BCUT2D eigenvalue weighted by atomic mass is 16.5. The molecule has 4 rings (SSSR count). The molecule has 2 heteroatoms. The number of carbonyl (C=O) groups is 1. The van der Waals surface area contributed by atoms with Crippen LogP contribution in [0, 0.1) is 17.3 Å². The van der Waals surface area contributed by atoms with E-state index >= 15 is 0 Å². The number of allylic oxidation sites excluding steroid dienone is 1. The molecule has 2 aliphatic carbocycles. The van der Waals surface area contributed by atoms with E-state index in [1.807, 2.05) is 25.1 Å². The molecule has 0 N–H and O–H groups in total. The van der Waals surface area contributed by atoms with E-state index in [2.05, 4.69) is 25.1 Å². The Bertz CT molecular complexity index is 589. The summed E-state index contributed by atoms with van der Waals surface area (Å²) in [4.78, 5) is 12.7. The van der Waals surface area contributed by atoms with Gasteiger partial charge in [0.25, 0.3) is 0 Å². The van der Waals surface area contributed by atoms with Gasteiger partial charge in [0.1, 0.15) is 5.60 Å². The zero-order valence-corrected chi connectivity index (χ0v) is 11.3. The highest BCUT2D eigenvalue weighted by molar-refractivity contribution is 6.02. The third-order valence-electron chi connectivity index (χ3n) is 5.48. The fourth-order valence-corrected chi connectivity index (χ4v) is 4.73. The summed E-state index contributed by atoms with van der Waals surface area (Å²) in [6.07, 6.45) is 3.13. The summed E-state index contributed by atoms with van der Waals surface area (Å²) in [6, 6.07) is 10.3. The van der Waals surface area contributed by atoms with Crippen molar-refractivity contribution in [3.05, 3.63) is 47.5 Å². The molecule has 0 spiro atoms. The van der Waals surface area contributed by atoms with E-state index in [0.29, 0.717) is 11.8 Å². The number of hydrogen-bond acceptors (Lipinski definition) is 2. The molecule has 1 saturated carbocycles. The molecule has 1 aromatic carbocycles. The van der Waals surface area contributed by atoms with Crippen LogP contribution in [0.3, 0.4) is 0 Å². The average Bonchev–Trinajstić information content (AvgIpc) is 2.86. The van der Waals surface area contributed by atoms with Crippen LogP contribution in [-0.2, 0) is 15.1 Å². The normalized spacial score (nSPS) is 43.5. The minimum atomic E-state index is -0.421. The molecule has 1 aliphatic heterocycles. The SMILES string of the molecule is CC1=CC2C3COC2(c2ccccc2)C(C)(C3)C1=O. The first-order valence-corrected chi connectivity index (χ1v) is 7.02. The fraction of sp³-hybridized carbons (Fsp3) is 0.471. The van der Waals surface area contributed by atoms with Crippen LogP contribution in [0.5, 0.6) is 0 Å². The van der Waals surface area contributed by atoms with E-state index in [9.17, 15) is 4.79 Å². The highest BCUT2D eigenvalue weighted by Gasteiger charge is 2.71. The van der Waals surface area contributed by atoms with Crippen molar-refractivity contribution in [3.8, 4) is 0 Å². The lowest BCUT2D eigenvalue weighted by Gasteiger charge is -2.47. The molecule has 4 atom stereocenters. The zero-order chi connectivity index (χ0) is 13.3. The third kappa shape index (κ3) is 1.10. The van der Waals surface area contributed by atoms with Gasteiger partial charge >= 0.3 is 0 Å². The van der Waals surface area contributed by atoms with Gasteiger partial charge in [-0.2, -0.15) is 0 Å². The molecule has 4 bridgehead atoms. The predicted octanol–water partition coefficient (Wildman–Crippen LogP) is 3.08. The maximum Gasteiger partial charge on any atom is 0.167 e. The quantitative estimate of drug-likeness (QED) is 0.770. The largest absolute Gasteiger partial charge is 0.368 e. The molecular weight excluding hydrogens is 236 g/mol. The van der Waals surface area contributed by atoms with Gasteiger partial charge in [0.2, 0.25) is 0 Å². The molecule has 2 fully saturated rings. The molecule has 98 valence electrons. The standard InChI is InChI=1S/C17H18O2/c1-11-8-14-12-9-16(2,15(11)18)17(14,19-10-12)13-6-4-3-5-7-13/h3-8,12,14H,9-10H2,1-2H3. The van der Waals surface area contributed by atoms with Crippen LogP contribution in [0.2, 0.25) is 0 Å². The van der Waals surface area contributed by atoms with E-state index < -0.39 is 5.60 Å². The van der Waals surface area contributed by atoms with Gasteiger partial charge in [-0.1, -0.05) is 36.4 Å². The van der Waals surface area contributed by atoms with Crippen LogP contribution >= 0.6 is 0 Å². The number of rotatable bonds is 1. The Labute approximate surface area is 113 Å². The second-order valence-electron chi connectivity index (χ2n) is 6.41. The maximum atomic E-state index is 12.7. The van der Waals surface area contributed by atoms with Crippen molar-refractivity contribution in [2.75, 3.05) is 6.61 Å². The Morgan fingerprint density at radius 2 is 2.00 bits per heavy atom. The van der Waals surface area contributed by atoms with Gasteiger partial charge in [0.15, 0.2) is 5.78 Å². The Morgan fingerprint density at radius 3 is 2.74 bits per heavy atom. The monoisotopic (exact) mass is 254 g/mol. The van der Waals surface area contributed by atoms with Crippen LogP contribution in [0.25, 0.3) is 0 Å². The Balaban J connectivity index is 2.00.